The van der Waals surface area contributed by atoms with Gasteiger partial charge in [0.05, 0.1) is 0 Å². The lowest BCUT2D eigenvalue weighted by Gasteiger charge is -1.98. The molecule has 0 amide bonds. The maximum absolute atomic E-state index is 10.6. The van der Waals surface area contributed by atoms with Crippen LogP contribution in [0, 0.1) is 0 Å². The first kappa shape index (κ1) is 12.4. The van der Waals surface area contributed by atoms with Crippen LogP contribution in [-0.2, 0) is 4.79 Å². The van der Waals surface area contributed by atoms with Crippen LogP contribution in [0.3, 0.4) is 0 Å². The summed E-state index contributed by atoms with van der Waals surface area (Å²) in [6, 6.07) is 0. The van der Waals surface area contributed by atoms with Gasteiger partial charge in [-0.05, 0) is 31.3 Å². The smallest absolute Gasteiger partial charge is 0.145 e. The van der Waals surface area contributed by atoms with Crippen molar-refractivity contribution in [2.24, 2.45) is 0 Å². The lowest BCUT2D eigenvalue weighted by Crippen LogP contribution is -1.85. The van der Waals surface area contributed by atoms with Gasteiger partial charge in [0.2, 0.25) is 0 Å². The van der Waals surface area contributed by atoms with Crippen LogP contribution < -0.4 is 0 Å². The number of hydrogen-bond donors (Lipinski definition) is 0. The Hall–Kier alpha value is -0.590. The van der Waals surface area contributed by atoms with Crippen LogP contribution in [-0.4, -0.2) is 6.29 Å². The third-order valence-corrected chi connectivity index (χ3v) is 2.18. The van der Waals surface area contributed by atoms with Gasteiger partial charge in [0, 0.05) is 0 Å². The molecule has 0 heterocycles. The lowest BCUT2D eigenvalue weighted by molar-refractivity contribution is -0.105. The molecule has 0 bridgehead atoms. The molecule has 0 saturated carbocycles. The van der Waals surface area contributed by atoms with Gasteiger partial charge in [0.1, 0.15) is 6.29 Å². The standard InChI is InChI=1S/C12H22O/c1-3-5-7-8-10-12(11-13)9-6-4-2/h10-11H,3-9H2,1-2H3. The van der Waals surface area contributed by atoms with Crippen LogP contribution in [0.1, 0.15) is 58.8 Å². The Morgan fingerprint density at radius 1 is 1.08 bits per heavy atom. The zero-order valence-electron chi connectivity index (χ0n) is 9.01. The average molecular weight is 182 g/mol. The van der Waals surface area contributed by atoms with Crippen LogP contribution in [0.25, 0.3) is 0 Å². The summed E-state index contributed by atoms with van der Waals surface area (Å²) in [6.45, 7) is 4.35. The second-order valence-electron chi connectivity index (χ2n) is 3.50. The van der Waals surface area contributed by atoms with E-state index in [0.29, 0.717) is 0 Å². The second kappa shape index (κ2) is 9.50. The third kappa shape index (κ3) is 7.76. The van der Waals surface area contributed by atoms with Crippen LogP contribution >= 0.6 is 0 Å². The van der Waals surface area contributed by atoms with E-state index in [-0.39, 0.29) is 0 Å². The summed E-state index contributed by atoms with van der Waals surface area (Å²) in [4.78, 5) is 10.6. The van der Waals surface area contributed by atoms with E-state index in [1.54, 1.807) is 0 Å². The molecule has 0 fully saturated rings. The van der Waals surface area contributed by atoms with Crippen LogP contribution in [0.2, 0.25) is 0 Å². The van der Waals surface area contributed by atoms with E-state index in [9.17, 15) is 4.79 Å². The fourth-order valence-electron chi connectivity index (χ4n) is 1.27. The Morgan fingerprint density at radius 3 is 2.31 bits per heavy atom. The first-order chi connectivity index (χ1) is 6.35. The van der Waals surface area contributed by atoms with Crippen molar-refractivity contribution in [2.75, 3.05) is 0 Å². The van der Waals surface area contributed by atoms with Crippen molar-refractivity contribution in [1.82, 2.24) is 0 Å². The van der Waals surface area contributed by atoms with Crippen molar-refractivity contribution in [2.45, 2.75) is 58.8 Å². The Balaban J connectivity index is 3.58. The summed E-state index contributed by atoms with van der Waals surface area (Å²) in [5.41, 5.74) is 0.998. The third-order valence-electron chi connectivity index (χ3n) is 2.18. The molecule has 0 atom stereocenters. The molecule has 1 heteroatoms. The van der Waals surface area contributed by atoms with E-state index in [1.807, 2.05) is 0 Å². The Morgan fingerprint density at radius 2 is 1.77 bits per heavy atom. The Bertz CT molecular complexity index is 147. The molecule has 0 unspecified atom stereocenters. The molecule has 0 saturated heterocycles. The minimum Gasteiger partial charge on any atom is -0.298 e. The van der Waals surface area contributed by atoms with Crippen molar-refractivity contribution >= 4 is 6.29 Å². The molecular weight excluding hydrogens is 160 g/mol. The lowest BCUT2D eigenvalue weighted by atomic mass is 10.1. The van der Waals surface area contributed by atoms with Gasteiger partial charge in [-0.3, -0.25) is 4.79 Å². The van der Waals surface area contributed by atoms with Crippen molar-refractivity contribution < 1.29 is 4.79 Å². The Kier molecular flexibility index (Phi) is 9.07. The van der Waals surface area contributed by atoms with Gasteiger partial charge in [0.15, 0.2) is 0 Å². The molecule has 0 rings (SSSR count). The normalized spacial score (nSPS) is 11.7. The monoisotopic (exact) mass is 182 g/mol. The number of unbranched alkanes of at least 4 members (excludes halogenated alkanes) is 4. The van der Waals surface area contributed by atoms with E-state index in [1.165, 1.54) is 25.7 Å². The molecule has 0 spiro atoms. The molecule has 76 valence electrons. The predicted molar refractivity (Wildman–Crippen MR) is 57.8 cm³/mol. The summed E-state index contributed by atoms with van der Waals surface area (Å²) in [5, 5.41) is 0. The van der Waals surface area contributed by atoms with Crippen molar-refractivity contribution in [3.05, 3.63) is 11.6 Å². The van der Waals surface area contributed by atoms with E-state index >= 15 is 0 Å². The summed E-state index contributed by atoms with van der Waals surface area (Å²) in [5.74, 6) is 0. The SMILES string of the molecule is CCCCCC=C(C=O)CCCC. The fraction of sp³-hybridized carbons (Fsp3) is 0.750. The molecule has 0 aliphatic rings. The van der Waals surface area contributed by atoms with E-state index < -0.39 is 0 Å². The molecule has 0 N–H and O–H groups in total. The number of aldehydes is 1. The van der Waals surface area contributed by atoms with Gasteiger partial charge in [-0.1, -0.05) is 39.2 Å². The molecular formula is C12H22O. The van der Waals surface area contributed by atoms with Gasteiger partial charge in [-0.15, -0.1) is 0 Å². The number of rotatable bonds is 8. The molecule has 1 nitrogen and oxygen atoms in total. The highest BCUT2D eigenvalue weighted by atomic mass is 16.1. The second-order valence-corrected chi connectivity index (χ2v) is 3.50. The largest absolute Gasteiger partial charge is 0.298 e. The minimum absolute atomic E-state index is 0.964. The van der Waals surface area contributed by atoms with Gasteiger partial charge in [-0.25, -0.2) is 0 Å². The zero-order chi connectivity index (χ0) is 9.94. The van der Waals surface area contributed by atoms with Gasteiger partial charge >= 0.3 is 0 Å². The number of allylic oxidation sites excluding steroid dienone is 2. The number of carbonyl (C=O) groups is 1. The van der Waals surface area contributed by atoms with Crippen LogP contribution in [0.4, 0.5) is 0 Å². The minimum atomic E-state index is 0.964. The topological polar surface area (TPSA) is 17.1 Å². The highest BCUT2D eigenvalue weighted by Gasteiger charge is 1.93. The quantitative estimate of drug-likeness (QED) is 0.316. The maximum Gasteiger partial charge on any atom is 0.145 e. The van der Waals surface area contributed by atoms with E-state index in [4.69, 9.17) is 0 Å². The highest BCUT2D eigenvalue weighted by Crippen LogP contribution is 2.08. The molecule has 0 aliphatic heterocycles. The molecule has 0 aromatic carbocycles. The van der Waals surface area contributed by atoms with E-state index in [2.05, 4.69) is 19.9 Å². The average Bonchev–Trinajstić information content (AvgIpc) is 2.17. The van der Waals surface area contributed by atoms with Gasteiger partial charge < -0.3 is 0 Å². The first-order valence-corrected chi connectivity index (χ1v) is 5.49. The molecule has 13 heavy (non-hydrogen) atoms. The number of hydrogen-bond acceptors (Lipinski definition) is 1. The molecule has 0 aliphatic carbocycles. The van der Waals surface area contributed by atoms with Crippen LogP contribution in [0.15, 0.2) is 11.6 Å². The predicted octanol–water partition coefficient (Wildman–Crippen LogP) is 3.88. The summed E-state index contributed by atoms with van der Waals surface area (Å²) in [6.07, 6.45) is 11.2. The molecule has 0 radical (unpaired) electrons. The first-order valence-electron chi connectivity index (χ1n) is 5.49. The van der Waals surface area contributed by atoms with Crippen molar-refractivity contribution in [1.29, 1.82) is 0 Å². The fourth-order valence-corrected chi connectivity index (χ4v) is 1.27. The maximum atomic E-state index is 10.6. The summed E-state index contributed by atoms with van der Waals surface area (Å²) in [7, 11) is 0. The van der Waals surface area contributed by atoms with Crippen LogP contribution in [0.5, 0.6) is 0 Å². The van der Waals surface area contributed by atoms with Crippen molar-refractivity contribution in [3.63, 3.8) is 0 Å². The summed E-state index contributed by atoms with van der Waals surface area (Å²) < 4.78 is 0. The zero-order valence-corrected chi connectivity index (χ0v) is 9.01. The van der Waals surface area contributed by atoms with Crippen molar-refractivity contribution in [3.8, 4) is 0 Å². The number of carbonyl (C=O) groups excluding carboxylic acids is 1. The van der Waals surface area contributed by atoms with E-state index in [0.717, 1.165) is 31.1 Å². The van der Waals surface area contributed by atoms with Gasteiger partial charge in [-0.2, -0.15) is 0 Å². The highest BCUT2D eigenvalue weighted by molar-refractivity contribution is 5.72. The molecule has 0 aromatic heterocycles. The Labute approximate surface area is 82.2 Å². The molecule has 0 aromatic rings. The summed E-state index contributed by atoms with van der Waals surface area (Å²) >= 11 is 0. The van der Waals surface area contributed by atoms with Gasteiger partial charge in [0.25, 0.3) is 0 Å².